The second-order valence-electron chi connectivity index (χ2n) is 5.21. The maximum Gasteiger partial charge on any atom is 0.233 e. The highest BCUT2D eigenvalue weighted by Crippen LogP contribution is 2.37. The van der Waals surface area contributed by atoms with E-state index in [0.717, 1.165) is 6.42 Å². The number of rotatable bonds is 5. The van der Waals surface area contributed by atoms with Crippen molar-refractivity contribution in [2.24, 2.45) is 0 Å². The fraction of sp³-hybridized carbons (Fsp3) is 0.312. The summed E-state index contributed by atoms with van der Waals surface area (Å²) in [5.41, 5.74) is 2.51. The summed E-state index contributed by atoms with van der Waals surface area (Å²) in [4.78, 5) is 21.6. The third-order valence-corrected chi connectivity index (χ3v) is 4.76. The Morgan fingerprint density at radius 1 is 1.32 bits per heavy atom. The van der Waals surface area contributed by atoms with Crippen molar-refractivity contribution >= 4 is 23.6 Å². The maximum atomic E-state index is 12.2. The van der Waals surface area contributed by atoms with Crippen molar-refractivity contribution in [1.82, 2.24) is 15.3 Å². The largest absolute Gasteiger partial charge is 0.353 e. The van der Waals surface area contributed by atoms with Crippen LogP contribution in [0.5, 0.6) is 0 Å². The number of amides is 1. The summed E-state index contributed by atoms with van der Waals surface area (Å²) in [6, 6.07) is 8.15. The second kappa shape index (κ2) is 6.79. The molecular formula is C16H18N4OS. The first-order valence-corrected chi connectivity index (χ1v) is 8.15. The third-order valence-electron chi connectivity index (χ3n) is 3.46. The molecule has 0 fully saturated rings. The first kappa shape index (κ1) is 14.8. The molecule has 0 bridgehead atoms. The van der Waals surface area contributed by atoms with Gasteiger partial charge in [0.05, 0.1) is 5.25 Å². The van der Waals surface area contributed by atoms with Gasteiger partial charge in [0.1, 0.15) is 0 Å². The Labute approximate surface area is 133 Å². The van der Waals surface area contributed by atoms with E-state index in [1.165, 1.54) is 16.0 Å². The van der Waals surface area contributed by atoms with Crippen LogP contribution in [0.3, 0.4) is 0 Å². The first-order valence-electron chi connectivity index (χ1n) is 7.27. The van der Waals surface area contributed by atoms with Crippen molar-refractivity contribution < 1.29 is 4.79 Å². The van der Waals surface area contributed by atoms with Gasteiger partial charge in [0.25, 0.3) is 0 Å². The molecule has 2 N–H and O–H groups in total. The van der Waals surface area contributed by atoms with E-state index in [-0.39, 0.29) is 11.2 Å². The van der Waals surface area contributed by atoms with Crippen LogP contribution >= 0.6 is 11.8 Å². The molecule has 1 aliphatic rings. The van der Waals surface area contributed by atoms with Gasteiger partial charge in [0.2, 0.25) is 11.9 Å². The molecule has 5 nitrogen and oxygen atoms in total. The monoisotopic (exact) mass is 314 g/mol. The van der Waals surface area contributed by atoms with Crippen LogP contribution in [-0.2, 0) is 11.2 Å². The number of benzene rings is 1. The van der Waals surface area contributed by atoms with Gasteiger partial charge >= 0.3 is 0 Å². The summed E-state index contributed by atoms with van der Waals surface area (Å²) in [5, 5.41) is 6.01. The van der Waals surface area contributed by atoms with Crippen molar-refractivity contribution in [3.8, 4) is 0 Å². The molecule has 1 atom stereocenters. The summed E-state index contributed by atoms with van der Waals surface area (Å²) in [7, 11) is 0. The average molecular weight is 314 g/mol. The zero-order chi connectivity index (χ0) is 15.4. The molecular weight excluding hydrogens is 296 g/mol. The van der Waals surface area contributed by atoms with Crippen molar-refractivity contribution in [3.05, 3.63) is 47.8 Å². The summed E-state index contributed by atoms with van der Waals surface area (Å²) >= 11 is 1.66. The highest BCUT2D eigenvalue weighted by atomic mass is 32.2. The number of fused-ring (bicyclic) bond motifs is 1. The molecule has 0 saturated carbocycles. The van der Waals surface area contributed by atoms with Crippen LogP contribution in [0.2, 0.25) is 0 Å². The minimum Gasteiger partial charge on any atom is -0.353 e. The number of carbonyl (C=O) groups excluding carboxylic acids is 1. The number of nitrogens with one attached hydrogen (secondary N) is 2. The van der Waals surface area contributed by atoms with Gasteiger partial charge in [0, 0.05) is 30.4 Å². The van der Waals surface area contributed by atoms with Gasteiger partial charge in [-0.15, -0.1) is 11.8 Å². The molecule has 0 saturated heterocycles. The Bertz CT molecular complexity index is 662. The Kier molecular flexibility index (Phi) is 4.58. The highest BCUT2D eigenvalue weighted by Gasteiger charge is 2.27. The zero-order valence-electron chi connectivity index (χ0n) is 12.4. The first-order chi connectivity index (χ1) is 10.7. The fourth-order valence-corrected chi connectivity index (χ4v) is 3.66. The lowest BCUT2D eigenvalue weighted by Gasteiger charge is -2.10. The molecule has 0 aliphatic carbocycles. The molecule has 2 aromatic rings. The predicted molar refractivity (Wildman–Crippen MR) is 88.1 cm³/mol. The molecule has 114 valence electrons. The normalized spacial score (nSPS) is 16.1. The molecule has 6 heteroatoms. The number of thioether (sulfide) groups is 1. The second-order valence-corrected chi connectivity index (χ2v) is 6.46. The number of anilines is 1. The molecule has 1 aliphatic heterocycles. The molecule has 1 amide bonds. The number of aromatic nitrogens is 2. The van der Waals surface area contributed by atoms with Crippen molar-refractivity contribution in [3.63, 3.8) is 0 Å². The van der Waals surface area contributed by atoms with Gasteiger partial charge in [-0.05, 0) is 31.0 Å². The Balaban J connectivity index is 1.44. The van der Waals surface area contributed by atoms with E-state index in [9.17, 15) is 4.79 Å². The van der Waals surface area contributed by atoms with Crippen LogP contribution in [0.25, 0.3) is 0 Å². The zero-order valence-corrected chi connectivity index (χ0v) is 13.2. The number of nitrogens with zero attached hydrogens (tertiary/aromatic N) is 2. The van der Waals surface area contributed by atoms with Gasteiger partial charge < -0.3 is 10.6 Å². The molecule has 22 heavy (non-hydrogen) atoms. The van der Waals surface area contributed by atoms with Gasteiger partial charge in [0.15, 0.2) is 0 Å². The van der Waals surface area contributed by atoms with E-state index in [0.29, 0.717) is 19.0 Å². The lowest BCUT2D eigenvalue weighted by atomic mass is 10.1. The predicted octanol–water partition coefficient (Wildman–Crippen LogP) is 2.03. The van der Waals surface area contributed by atoms with Gasteiger partial charge in [-0.1, -0.05) is 17.7 Å². The molecule has 0 radical (unpaired) electrons. The minimum absolute atomic E-state index is 0.0234. The SMILES string of the molecule is Cc1ccc2c(c1)SC(C(=O)NCCNc1ncccn1)C2. The number of hydrogen-bond acceptors (Lipinski definition) is 5. The number of carbonyl (C=O) groups is 1. The summed E-state index contributed by atoms with van der Waals surface area (Å²) < 4.78 is 0. The Hall–Kier alpha value is -2.08. The smallest absolute Gasteiger partial charge is 0.233 e. The molecule has 2 heterocycles. The quantitative estimate of drug-likeness (QED) is 0.827. The van der Waals surface area contributed by atoms with Gasteiger partial charge in [-0.25, -0.2) is 9.97 Å². The van der Waals surface area contributed by atoms with Crippen molar-refractivity contribution in [2.45, 2.75) is 23.5 Å². The number of hydrogen-bond donors (Lipinski definition) is 2. The third kappa shape index (κ3) is 3.57. The van der Waals surface area contributed by atoms with Crippen molar-refractivity contribution in [2.75, 3.05) is 18.4 Å². The van der Waals surface area contributed by atoms with Crippen molar-refractivity contribution in [1.29, 1.82) is 0 Å². The average Bonchev–Trinajstić information content (AvgIpc) is 2.95. The van der Waals surface area contributed by atoms with Gasteiger partial charge in [-0.3, -0.25) is 4.79 Å². The standard InChI is InChI=1S/C16H18N4OS/c1-11-3-4-12-10-14(22-13(12)9-11)15(21)17-7-8-20-16-18-5-2-6-19-16/h2-6,9,14H,7-8,10H2,1H3,(H,17,21)(H,18,19,20). The van der Waals surface area contributed by atoms with E-state index in [4.69, 9.17) is 0 Å². The van der Waals surface area contributed by atoms with E-state index in [2.05, 4.69) is 45.7 Å². The Morgan fingerprint density at radius 2 is 2.14 bits per heavy atom. The summed E-state index contributed by atoms with van der Waals surface area (Å²) in [6.07, 6.45) is 4.17. The van der Waals surface area contributed by atoms with Crippen LogP contribution in [-0.4, -0.2) is 34.2 Å². The lowest BCUT2D eigenvalue weighted by Crippen LogP contribution is -2.35. The van der Waals surface area contributed by atoms with E-state index in [1.807, 2.05) is 0 Å². The molecule has 0 spiro atoms. The van der Waals surface area contributed by atoms with Crippen LogP contribution in [0.15, 0.2) is 41.6 Å². The van der Waals surface area contributed by atoms with Crippen LogP contribution in [0.4, 0.5) is 5.95 Å². The van der Waals surface area contributed by atoms with Crippen LogP contribution < -0.4 is 10.6 Å². The van der Waals surface area contributed by atoms with E-state index >= 15 is 0 Å². The lowest BCUT2D eigenvalue weighted by molar-refractivity contribution is -0.120. The van der Waals surface area contributed by atoms with Gasteiger partial charge in [-0.2, -0.15) is 0 Å². The van der Waals surface area contributed by atoms with E-state index in [1.54, 1.807) is 30.2 Å². The minimum atomic E-state index is -0.0234. The highest BCUT2D eigenvalue weighted by molar-refractivity contribution is 8.01. The fourth-order valence-electron chi connectivity index (χ4n) is 2.35. The Morgan fingerprint density at radius 3 is 2.95 bits per heavy atom. The molecule has 3 rings (SSSR count). The van der Waals surface area contributed by atoms with Crippen LogP contribution in [0.1, 0.15) is 11.1 Å². The van der Waals surface area contributed by atoms with Crippen LogP contribution in [0, 0.1) is 6.92 Å². The molecule has 1 unspecified atom stereocenters. The maximum absolute atomic E-state index is 12.2. The van der Waals surface area contributed by atoms with E-state index < -0.39 is 0 Å². The topological polar surface area (TPSA) is 66.9 Å². The molecule has 1 aromatic heterocycles. The summed E-state index contributed by atoms with van der Waals surface area (Å²) in [6.45, 7) is 3.24. The number of aryl methyl sites for hydroxylation is 1. The summed E-state index contributed by atoms with van der Waals surface area (Å²) in [5.74, 6) is 0.671. The molecule has 1 aromatic carbocycles.